The Morgan fingerprint density at radius 1 is 1.24 bits per heavy atom. The van der Waals surface area contributed by atoms with Crippen molar-refractivity contribution >= 4 is 24.5 Å². The molecule has 2 saturated heterocycles. The highest BCUT2D eigenvalue weighted by molar-refractivity contribution is 6.64. The summed E-state index contributed by atoms with van der Waals surface area (Å²) in [6.45, 7) is 15.0. The van der Waals surface area contributed by atoms with Crippen molar-refractivity contribution in [3.63, 3.8) is 0 Å². The molecule has 1 unspecified atom stereocenters. The minimum absolute atomic E-state index is 0.0213. The number of anilines is 1. The van der Waals surface area contributed by atoms with Crippen LogP contribution in [0.15, 0.2) is 18.7 Å². The second-order valence-electron chi connectivity index (χ2n) is 9.11. The number of benzene rings is 1. The molecule has 2 N–H and O–H groups in total. The molecule has 3 rings (SSSR count). The maximum atomic E-state index is 8.21. The third-order valence-electron chi connectivity index (χ3n) is 6.47. The third kappa shape index (κ3) is 4.45. The third-order valence-corrected chi connectivity index (χ3v) is 6.47. The monoisotopic (exact) mass is 398 g/mol. The van der Waals surface area contributed by atoms with Crippen LogP contribution in [0.1, 0.15) is 70.1 Å². The molecule has 5 nitrogen and oxygen atoms in total. The molecule has 2 fully saturated rings. The van der Waals surface area contributed by atoms with E-state index in [1.807, 2.05) is 6.08 Å². The fraction of sp³-hybridized carbons (Fsp3) is 0.609. The van der Waals surface area contributed by atoms with Crippen LogP contribution in [-0.2, 0) is 20.5 Å². The highest BCUT2D eigenvalue weighted by atomic mass is 16.7. The van der Waals surface area contributed by atoms with Crippen molar-refractivity contribution in [3.05, 3.63) is 35.4 Å². The van der Waals surface area contributed by atoms with Crippen LogP contribution in [0.3, 0.4) is 0 Å². The summed E-state index contributed by atoms with van der Waals surface area (Å²) >= 11 is 0. The molecule has 6 heteroatoms. The van der Waals surface area contributed by atoms with Gasteiger partial charge in [-0.2, -0.15) is 0 Å². The SMILES string of the molecule is C=CCCc1c(C)cc(NC2CCCCO2)c(C=N)c1B1OC(C)(C)C(C)(C)O1. The zero-order valence-electron chi connectivity index (χ0n) is 18.6. The predicted molar refractivity (Wildman–Crippen MR) is 121 cm³/mol. The lowest BCUT2D eigenvalue weighted by Crippen LogP contribution is -2.41. The lowest BCUT2D eigenvalue weighted by atomic mass is 9.70. The number of aryl methyl sites for hydroxylation is 1. The van der Waals surface area contributed by atoms with Crippen molar-refractivity contribution < 1.29 is 14.0 Å². The maximum absolute atomic E-state index is 8.21. The molecule has 0 amide bonds. The molecule has 29 heavy (non-hydrogen) atoms. The van der Waals surface area contributed by atoms with Crippen LogP contribution >= 0.6 is 0 Å². The highest BCUT2D eigenvalue weighted by Gasteiger charge is 2.53. The molecular formula is C23H35BN2O3. The summed E-state index contributed by atoms with van der Waals surface area (Å²) in [5.41, 5.74) is 4.17. The Morgan fingerprint density at radius 3 is 2.48 bits per heavy atom. The van der Waals surface area contributed by atoms with Crippen molar-refractivity contribution in [3.8, 4) is 0 Å². The molecule has 1 aromatic rings. The topological polar surface area (TPSA) is 63.6 Å². The first-order valence-electron chi connectivity index (χ1n) is 10.7. The van der Waals surface area contributed by atoms with Crippen LogP contribution in [0, 0.1) is 12.3 Å². The van der Waals surface area contributed by atoms with Crippen LogP contribution in [-0.4, -0.2) is 37.4 Å². The molecule has 2 aliphatic heterocycles. The first-order valence-corrected chi connectivity index (χ1v) is 10.7. The van der Waals surface area contributed by atoms with Crippen molar-refractivity contribution in [1.29, 1.82) is 5.41 Å². The molecule has 0 saturated carbocycles. The van der Waals surface area contributed by atoms with E-state index in [4.69, 9.17) is 19.5 Å². The van der Waals surface area contributed by atoms with Crippen LogP contribution in [0.4, 0.5) is 5.69 Å². The van der Waals surface area contributed by atoms with Gasteiger partial charge in [-0.15, -0.1) is 6.58 Å². The molecule has 1 atom stereocenters. The van der Waals surface area contributed by atoms with E-state index in [2.05, 4.69) is 52.6 Å². The van der Waals surface area contributed by atoms with Gasteiger partial charge in [0.15, 0.2) is 0 Å². The zero-order chi connectivity index (χ0) is 21.2. The van der Waals surface area contributed by atoms with Crippen molar-refractivity contribution in [1.82, 2.24) is 0 Å². The summed E-state index contributed by atoms with van der Waals surface area (Å²) in [5, 5.41) is 11.7. The fourth-order valence-corrected chi connectivity index (χ4v) is 4.01. The summed E-state index contributed by atoms with van der Waals surface area (Å²) in [6.07, 6.45) is 8.26. The Morgan fingerprint density at radius 2 is 1.93 bits per heavy atom. The number of ether oxygens (including phenoxy) is 1. The number of allylic oxidation sites excluding steroid dienone is 1. The second-order valence-corrected chi connectivity index (χ2v) is 9.11. The largest absolute Gasteiger partial charge is 0.495 e. The van der Waals surface area contributed by atoms with E-state index in [0.29, 0.717) is 0 Å². The summed E-state index contributed by atoms with van der Waals surface area (Å²) in [4.78, 5) is 0. The van der Waals surface area contributed by atoms with Gasteiger partial charge in [0.1, 0.15) is 6.23 Å². The molecule has 0 aromatic heterocycles. The van der Waals surface area contributed by atoms with E-state index >= 15 is 0 Å². The Bertz CT molecular complexity index is 754. The molecule has 0 aliphatic carbocycles. The Hall–Kier alpha value is -1.63. The molecule has 1 aromatic carbocycles. The van der Waals surface area contributed by atoms with E-state index in [1.54, 1.807) is 0 Å². The number of hydrogen-bond donors (Lipinski definition) is 2. The molecule has 0 bridgehead atoms. The van der Waals surface area contributed by atoms with Gasteiger partial charge in [0, 0.05) is 24.1 Å². The van der Waals surface area contributed by atoms with Gasteiger partial charge in [-0.1, -0.05) is 6.08 Å². The van der Waals surface area contributed by atoms with E-state index in [-0.39, 0.29) is 6.23 Å². The van der Waals surface area contributed by atoms with Crippen molar-refractivity contribution in [2.24, 2.45) is 0 Å². The van der Waals surface area contributed by atoms with Crippen LogP contribution in [0.5, 0.6) is 0 Å². The van der Waals surface area contributed by atoms with E-state index in [9.17, 15) is 0 Å². The smallest absolute Gasteiger partial charge is 0.399 e. The van der Waals surface area contributed by atoms with Crippen molar-refractivity contribution in [2.75, 3.05) is 11.9 Å². The van der Waals surface area contributed by atoms with Gasteiger partial charge >= 0.3 is 7.12 Å². The first kappa shape index (κ1) is 22.1. The Labute approximate surface area is 175 Å². The summed E-state index contributed by atoms with van der Waals surface area (Å²) in [6, 6.07) is 2.13. The van der Waals surface area contributed by atoms with Gasteiger partial charge in [0.25, 0.3) is 0 Å². The van der Waals surface area contributed by atoms with Crippen LogP contribution in [0.2, 0.25) is 0 Å². The zero-order valence-corrected chi connectivity index (χ0v) is 18.6. The maximum Gasteiger partial charge on any atom is 0.495 e. The molecule has 158 valence electrons. The van der Waals surface area contributed by atoms with Crippen molar-refractivity contribution in [2.45, 2.75) is 84.2 Å². The molecule has 2 heterocycles. The Kier molecular flexibility index (Phi) is 6.56. The molecule has 2 aliphatic rings. The summed E-state index contributed by atoms with van der Waals surface area (Å²) in [5.74, 6) is 0. The first-order chi connectivity index (χ1) is 13.7. The average molecular weight is 398 g/mol. The average Bonchev–Trinajstić information content (AvgIpc) is 2.88. The fourth-order valence-electron chi connectivity index (χ4n) is 4.01. The normalized spacial score (nSPS) is 23.1. The van der Waals surface area contributed by atoms with Gasteiger partial charge in [-0.25, -0.2) is 0 Å². The lowest BCUT2D eigenvalue weighted by molar-refractivity contribution is 0.00578. The second kappa shape index (κ2) is 8.62. The minimum atomic E-state index is -0.510. The van der Waals surface area contributed by atoms with Gasteiger partial charge < -0.3 is 24.8 Å². The lowest BCUT2D eigenvalue weighted by Gasteiger charge is -2.32. The van der Waals surface area contributed by atoms with Gasteiger partial charge in [-0.05, 0) is 89.4 Å². The summed E-state index contributed by atoms with van der Waals surface area (Å²) in [7, 11) is -0.510. The van der Waals surface area contributed by atoms with Gasteiger partial charge in [0.05, 0.1) is 11.2 Å². The number of rotatable bonds is 7. The van der Waals surface area contributed by atoms with E-state index in [1.165, 1.54) is 17.3 Å². The minimum Gasteiger partial charge on any atom is -0.399 e. The van der Waals surface area contributed by atoms with E-state index in [0.717, 1.165) is 55.4 Å². The highest BCUT2D eigenvalue weighted by Crippen LogP contribution is 2.38. The van der Waals surface area contributed by atoms with Gasteiger partial charge in [0.2, 0.25) is 0 Å². The van der Waals surface area contributed by atoms with Gasteiger partial charge in [-0.3, -0.25) is 0 Å². The van der Waals surface area contributed by atoms with Crippen LogP contribution in [0.25, 0.3) is 0 Å². The standard InChI is InChI=1S/C23H35BN2O3/c1-7-8-11-17-16(2)14-19(26-20-12-9-10-13-27-20)18(15-25)21(17)24-28-22(3,4)23(5,6)29-24/h7,14-15,20,25-26H,1,8-13H2,2-6H3. The molecule has 0 spiro atoms. The predicted octanol–water partition coefficient (Wildman–Crippen LogP) is 4.35. The number of nitrogens with one attached hydrogen (secondary N) is 2. The molecular weight excluding hydrogens is 363 g/mol. The van der Waals surface area contributed by atoms with Crippen LogP contribution < -0.4 is 10.8 Å². The quantitative estimate of drug-likeness (QED) is 0.407. The summed E-state index contributed by atoms with van der Waals surface area (Å²) < 4.78 is 18.7. The van der Waals surface area contributed by atoms with E-state index < -0.39 is 18.3 Å². The number of hydrogen-bond acceptors (Lipinski definition) is 5. The molecule has 0 radical (unpaired) electrons. The Balaban J connectivity index is 2.07.